The van der Waals surface area contributed by atoms with E-state index in [0.717, 1.165) is 19.3 Å². The van der Waals surface area contributed by atoms with Crippen LogP contribution < -0.4 is 10.2 Å². The third-order valence-electron chi connectivity index (χ3n) is 6.96. The summed E-state index contributed by atoms with van der Waals surface area (Å²) in [5.74, 6) is 0.357. The van der Waals surface area contributed by atoms with Gasteiger partial charge in [0.15, 0.2) is 0 Å². The average Bonchev–Trinajstić information content (AvgIpc) is 3.22. The van der Waals surface area contributed by atoms with Gasteiger partial charge in [-0.25, -0.2) is 4.98 Å². The van der Waals surface area contributed by atoms with Gasteiger partial charge in [-0.15, -0.1) is 0 Å². The monoisotopic (exact) mass is 431 g/mol. The molecule has 1 aliphatic carbocycles. The smallest absolute Gasteiger partial charge is 0.260 e. The molecule has 7 heteroatoms. The van der Waals surface area contributed by atoms with Crippen LogP contribution in [0.25, 0.3) is 11.0 Å². The Morgan fingerprint density at radius 3 is 2.56 bits per heavy atom. The van der Waals surface area contributed by atoms with Crippen LogP contribution in [-0.4, -0.2) is 51.8 Å². The SMILES string of the molecule is CCn1cc(C(=O)N2C3COCC2C3)c(=O)c2cc(OC3Cc4ccccc4C3)cnc21. The largest absolute Gasteiger partial charge is 0.488 e. The summed E-state index contributed by atoms with van der Waals surface area (Å²) in [5.41, 5.74) is 3.09. The van der Waals surface area contributed by atoms with Crippen molar-refractivity contribution < 1.29 is 14.3 Å². The van der Waals surface area contributed by atoms with Gasteiger partial charge in [0.25, 0.3) is 5.91 Å². The molecule has 0 spiro atoms. The summed E-state index contributed by atoms with van der Waals surface area (Å²) >= 11 is 0. The Hall–Kier alpha value is -3.19. The Balaban J connectivity index is 1.34. The molecule has 32 heavy (non-hydrogen) atoms. The van der Waals surface area contributed by atoms with E-state index in [2.05, 4.69) is 17.1 Å². The molecule has 0 saturated carbocycles. The van der Waals surface area contributed by atoms with E-state index in [1.165, 1.54) is 11.1 Å². The number of nitrogens with zero attached hydrogens (tertiary/aromatic N) is 3. The molecule has 4 heterocycles. The van der Waals surface area contributed by atoms with Crippen molar-refractivity contribution >= 4 is 16.9 Å². The van der Waals surface area contributed by atoms with E-state index in [-0.39, 0.29) is 35.1 Å². The predicted octanol–water partition coefficient (Wildman–Crippen LogP) is 2.58. The maximum Gasteiger partial charge on any atom is 0.260 e. The second-order valence-corrected chi connectivity index (χ2v) is 8.91. The second-order valence-electron chi connectivity index (χ2n) is 8.91. The van der Waals surface area contributed by atoms with Crippen LogP contribution in [-0.2, 0) is 24.1 Å². The minimum atomic E-state index is -0.284. The Morgan fingerprint density at radius 1 is 1.19 bits per heavy atom. The highest BCUT2D eigenvalue weighted by molar-refractivity contribution is 5.98. The predicted molar refractivity (Wildman–Crippen MR) is 119 cm³/mol. The number of pyridine rings is 2. The van der Waals surface area contributed by atoms with Crippen LogP contribution in [0.4, 0.5) is 0 Å². The van der Waals surface area contributed by atoms with Gasteiger partial charge < -0.3 is 18.9 Å². The van der Waals surface area contributed by atoms with Gasteiger partial charge in [0.05, 0.1) is 36.9 Å². The van der Waals surface area contributed by atoms with Gasteiger partial charge in [-0.05, 0) is 30.5 Å². The summed E-state index contributed by atoms with van der Waals surface area (Å²) in [6, 6.07) is 10.2. The Bertz CT molecular complexity index is 1240. The van der Waals surface area contributed by atoms with E-state index in [0.29, 0.717) is 36.5 Å². The van der Waals surface area contributed by atoms with Gasteiger partial charge in [0, 0.05) is 25.6 Å². The lowest BCUT2D eigenvalue weighted by atomic mass is 9.90. The van der Waals surface area contributed by atoms with Gasteiger partial charge in [-0.3, -0.25) is 9.59 Å². The molecule has 2 fully saturated rings. The number of rotatable bonds is 4. The van der Waals surface area contributed by atoms with Crippen LogP contribution >= 0.6 is 0 Å². The zero-order chi connectivity index (χ0) is 21.8. The first-order valence-corrected chi connectivity index (χ1v) is 11.3. The topological polar surface area (TPSA) is 73.7 Å². The standard InChI is InChI=1S/C25H25N3O4/c1-2-27-12-22(25(30)28-17-9-18(28)14-31-13-17)23(29)21-10-20(11-26-24(21)27)32-19-7-15-5-3-4-6-16(15)8-19/h3-6,10-12,17-19H,2,7-9,13-14H2,1H3. The van der Waals surface area contributed by atoms with Gasteiger partial charge in [0.1, 0.15) is 23.1 Å². The van der Waals surface area contributed by atoms with Crippen LogP contribution in [0.1, 0.15) is 34.8 Å². The van der Waals surface area contributed by atoms with Crippen LogP contribution in [0.15, 0.2) is 47.5 Å². The lowest BCUT2D eigenvalue weighted by Crippen LogP contribution is -2.66. The van der Waals surface area contributed by atoms with Crippen LogP contribution in [0, 0.1) is 0 Å². The first kappa shape index (κ1) is 19.5. The normalized spacial score (nSPS) is 22.0. The number of carbonyl (C=O) groups is 1. The molecular weight excluding hydrogens is 406 g/mol. The Morgan fingerprint density at radius 2 is 1.91 bits per heavy atom. The molecule has 7 nitrogen and oxygen atoms in total. The lowest BCUT2D eigenvalue weighted by molar-refractivity contribution is -0.104. The molecule has 2 unspecified atom stereocenters. The number of aromatic nitrogens is 2. The van der Waals surface area contributed by atoms with Gasteiger partial charge >= 0.3 is 0 Å². The van der Waals surface area contributed by atoms with Crippen LogP contribution in [0.5, 0.6) is 5.75 Å². The highest BCUT2D eigenvalue weighted by atomic mass is 16.5. The van der Waals surface area contributed by atoms with Gasteiger partial charge in [0.2, 0.25) is 5.43 Å². The van der Waals surface area contributed by atoms with E-state index in [9.17, 15) is 9.59 Å². The van der Waals surface area contributed by atoms with Gasteiger partial charge in [-0.1, -0.05) is 24.3 Å². The first-order chi connectivity index (χ1) is 15.6. The molecule has 2 aliphatic heterocycles. The average molecular weight is 431 g/mol. The summed E-state index contributed by atoms with van der Waals surface area (Å²) in [6.07, 6.45) is 5.98. The number of benzene rings is 1. The summed E-state index contributed by atoms with van der Waals surface area (Å²) in [4.78, 5) is 33.0. The minimum Gasteiger partial charge on any atom is -0.488 e. The molecule has 2 aromatic heterocycles. The van der Waals surface area contributed by atoms with E-state index in [1.54, 1.807) is 18.5 Å². The zero-order valence-electron chi connectivity index (χ0n) is 18.0. The molecule has 3 aliphatic rings. The summed E-state index contributed by atoms with van der Waals surface area (Å²) in [6.45, 7) is 3.67. The number of morpholine rings is 1. The molecule has 2 saturated heterocycles. The number of ether oxygens (including phenoxy) is 2. The first-order valence-electron chi connectivity index (χ1n) is 11.3. The number of carbonyl (C=O) groups excluding carboxylic acids is 1. The second kappa shape index (κ2) is 7.45. The van der Waals surface area contributed by atoms with Crippen LogP contribution in [0.3, 0.4) is 0 Å². The van der Waals surface area contributed by atoms with Crippen molar-refractivity contribution in [2.75, 3.05) is 13.2 Å². The van der Waals surface area contributed by atoms with E-state index >= 15 is 0 Å². The number of aryl methyl sites for hydroxylation is 1. The quantitative estimate of drug-likeness (QED) is 0.635. The molecule has 164 valence electrons. The molecule has 6 rings (SSSR count). The third kappa shape index (κ3) is 3.03. The molecule has 1 aromatic carbocycles. The van der Waals surface area contributed by atoms with Crippen molar-refractivity contribution in [3.05, 3.63) is 69.6 Å². The molecule has 2 atom stereocenters. The number of hydrogen-bond acceptors (Lipinski definition) is 5. The van der Waals surface area contributed by atoms with E-state index in [1.807, 2.05) is 28.5 Å². The Labute approximate surface area is 185 Å². The van der Waals surface area contributed by atoms with Crippen molar-refractivity contribution in [2.24, 2.45) is 0 Å². The summed E-state index contributed by atoms with van der Waals surface area (Å²) in [7, 11) is 0. The molecular formula is C25H25N3O4. The van der Waals surface area contributed by atoms with Crippen LogP contribution in [0.2, 0.25) is 0 Å². The highest BCUT2D eigenvalue weighted by Gasteiger charge is 2.46. The molecule has 0 N–H and O–H groups in total. The summed E-state index contributed by atoms with van der Waals surface area (Å²) < 4.78 is 13.6. The number of amides is 1. The molecule has 2 bridgehead atoms. The highest BCUT2D eigenvalue weighted by Crippen LogP contribution is 2.32. The maximum absolute atomic E-state index is 13.4. The minimum absolute atomic E-state index is 0.0188. The summed E-state index contributed by atoms with van der Waals surface area (Å²) in [5, 5.41) is 0.424. The molecule has 1 amide bonds. The molecule has 0 radical (unpaired) electrons. The van der Waals surface area contributed by atoms with Crippen molar-refractivity contribution in [3.63, 3.8) is 0 Å². The Kier molecular flexibility index (Phi) is 4.54. The van der Waals surface area contributed by atoms with Crippen molar-refractivity contribution in [1.29, 1.82) is 0 Å². The zero-order valence-corrected chi connectivity index (χ0v) is 18.0. The van der Waals surface area contributed by atoms with E-state index in [4.69, 9.17) is 9.47 Å². The molecule has 3 aromatic rings. The third-order valence-corrected chi connectivity index (χ3v) is 6.96. The van der Waals surface area contributed by atoms with Crippen molar-refractivity contribution in [1.82, 2.24) is 14.5 Å². The van der Waals surface area contributed by atoms with Crippen molar-refractivity contribution in [3.8, 4) is 5.75 Å². The van der Waals surface area contributed by atoms with E-state index < -0.39 is 0 Å². The van der Waals surface area contributed by atoms with Gasteiger partial charge in [-0.2, -0.15) is 0 Å². The fourth-order valence-corrected chi connectivity index (χ4v) is 5.32. The lowest BCUT2D eigenvalue weighted by Gasteiger charge is -2.52. The van der Waals surface area contributed by atoms with Crippen molar-refractivity contribution in [2.45, 2.75) is 50.9 Å². The number of fused-ring (bicyclic) bond motifs is 4. The maximum atomic E-state index is 13.4. The fourth-order valence-electron chi connectivity index (χ4n) is 5.32. The number of hydrogen-bond donors (Lipinski definition) is 0. The fraction of sp³-hybridized carbons (Fsp3) is 0.400.